The van der Waals surface area contributed by atoms with Crippen LogP contribution in [0.1, 0.15) is 13.3 Å². The maximum absolute atomic E-state index is 8.32. The zero-order valence-corrected chi connectivity index (χ0v) is 6.00. The summed E-state index contributed by atoms with van der Waals surface area (Å²) in [6.45, 7) is 3.29. The molecule has 0 rings (SSSR count). The van der Waals surface area contributed by atoms with Crippen LogP contribution in [0.3, 0.4) is 0 Å². The second-order valence-electron chi connectivity index (χ2n) is 1.40. The predicted molar refractivity (Wildman–Crippen MR) is 37.8 cm³/mol. The normalized spacial score (nSPS) is 9.75. The van der Waals surface area contributed by atoms with Crippen molar-refractivity contribution >= 4 is 11.9 Å². The second kappa shape index (κ2) is 7.27. The summed E-state index contributed by atoms with van der Waals surface area (Å²) in [7, 11) is 0. The zero-order chi connectivity index (χ0) is 6.24. The van der Waals surface area contributed by atoms with Crippen LogP contribution in [0.4, 0.5) is 0 Å². The SMILES string of the molecule is CCSNCCCO. The third kappa shape index (κ3) is 6.27. The molecule has 50 valence electrons. The lowest BCUT2D eigenvalue weighted by molar-refractivity contribution is 0.290. The minimum absolute atomic E-state index is 0.289. The zero-order valence-electron chi connectivity index (χ0n) is 5.18. The molecular formula is C5H13NOS. The van der Waals surface area contributed by atoms with Crippen molar-refractivity contribution in [2.45, 2.75) is 13.3 Å². The monoisotopic (exact) mass is 135 g/mol. The Morgan fingerprint density at radius 3 is 2.88 bits per heavy atom. The number of nitrogens with one attached hydrogen (secondary N) is 1. The molecule has 0 aromatic rings. The quantitative estimate of drug-likeness (QED) is 0.428. The van der Waals surface area contributed by atoms with Crippen molar-refractivity contribution < 1.29 is 5.11 Å². The van der Waals surface area contributed by atoms with Crippen molar-refractivity contribution in [1.29, 1.82) is 0 Å². The Labute approximate surface area is 54.8 Å². The van der Waals surface area contributed by atoms with Gasteiger partial charge < -0.3 is 5.11 Å². The first-order valence-corrected chi connectivity index (χ1v) is 3.86. The van der Waals surface area contributed by atoms with Crippen molar-refractivity contribution in [1.82, 2.24) is 4.72 Å². The van der Waals surface area contributed by atoms with Crippen LogP contribution in [0.15, 0.2) is 0 Å². The first-order chi connectivity index (χ1) is 3.91. The lowest BCUT2D eigenvalue weighted by Gasteiger charge is -1.97. The molecule has 3 heteroatoms. The van der Waals surface area contributed by atoms with Crippen LogP contribution >= 0.6 is 11.9 Å². The highest BCUT2D eigenvalue weighted by Crippen LogP contribution is 1.88. The van der Waals surface area contributed by atoms with Gasteiger partial charge >= 0.3 is 0 Å². The Balaban J connectivity index is 2.53. The molecule has 0 heterocycles. The van der Waals surface area contributed by atoms with Gasteiger partial charge in [0, 0.05) is 18.9 Å². The molecule has 0 saturated heterocycles. The molecule has 0 radical (unpaired) electrons. The van der Waals surface area contributed by atoms with Crippen molar-refractivity contribution in [2.75, 3.05) is 18.9 Å². The van der Waals surface area contributed by atoms with Gasteiger partial charge in [0.15, 0.2) is 0 Å². The highest BCUT2D eigenvalue weighted by molar-refractivity contribution is 7.97. The third-order valence-corrected chi connectivity index (χ3v) is 1.38. The summed E-state index contributed by atoms with van der Waals surface area (Å²) in [4.78, 5) is 0. The van der Waals surface area contributed by atoms with E-state index in [4.69, 9.17) is 5.11 Å². The van der Waals surface area contributed by atoms with E-state index in [1.165, 1.54) is 0 Å². The molecule has 8 heavy (non-hydrogen) atoms. The fraction of sp³-hybridized carbons (Fsp3) is 1.00. The minimum Gasteiger partial charge on any atom is -0.396 e. The van der Waals surface area contributed by atoms with E-state index in [2.05, 4.69) is 11.6 Å². The molecule has 0 atom stereocenters. The van der Waals surface area contributed by atoms with Crippen molar-refractivity contribution in [3.63, 3.8) is 0 Å². The second-order valence-corrected chi connectivity index (χ2v) is 2.56. The van der Waals surface area contributed by atoms with Gasteiger partial charge in [0.1, 0.15) is 0 Å². The smallest absolute Gasteiger partial charge is 0.0443 e. The minimum atomic E-state index is 0.289. The van der Waals surface area contributed by atoms with Gasteiger partial charge in [-0.3, -0.25) is 4.72 Å². The summed E-state index contributed by atoms with van der Waals surface area (Å²) >= 11 is 1.69. The van der Waals surface area contributed by atoms with Crippen molar-refractivity contribution in [3.8, 4) is 0 Å². The highest BCUT2D eigenvalue weighted by atomic mass is 32.2. The molecule has 2 N–H and O–H groups in total. The van der Waals surface area contributed by atoms with Gasteiger partial charge in [-0.25, -0.2) is 0 Å². The number of rotatable bonds is 5. The van der Waals surface area contributed by atoms with Crippen LogP contribution < -0.4 is 4.72 Å². The molecule has 0 aliphatic carbocycles. The molecule has 0 aliphatic heterocycles. The van der Waals surface area contributed by atoms with Crippen LogP contribution in [-0.4, -0.2) is 24.0 Å². The molecule has 0 spiro atoms. The summed E-state index contributed by atoms with van der Waals surface area (Å²) in [6, 6.07) is 0. The Morgan fingerprint density at radius 2 is 2.38 bits per heavy atom. The first-order valence-electron chi connectivity index (χ1n) is 2.87. The molecule has 0 unspecified atom stereocenters. The maximum Gasteiger partial charge on any atom is 0.0443 e. The summed E-state index contributed by atoms with van der Waals surface area (Å²) in [5.74, 6) is 1.09. The van der Waals surface area contributed by atoms with Gasteiger partial charge in [-0.15, -0.1) is 0 Å². The summed E-state index contributed by atoms with van der Waals surface area (Å²) in [6.07, 6.45) is 0.854. The van der Waals surface area contributed by atoms with Crippen LogP contribution in [0.5, 0.6) is 0 Å². The number of hydrogen-bond acceptors (Lipinski definition) is 3. The predicted octanol–water partition coefficient (Wildman–Crippen LogP) is 0.626. The fourth-order valence-corrected chi connectivity index (χ4v) is 0.818. The fourth-order valence-electron chi connectivity index (χ4n) is 0.325. The summed E-state index contributed by atoms with van der Waals surface area (Å²) < 4.78 is 3.09. The Hall–Kier alpha value is 0.270. The standard InChI is InChI=1S/C5H13NOS/c1-2-8-6-4-3-5-7/h6-7H,2-5H2,1H3. The molecule has 0 aromatic heterocycles. The van der Waals surface area contributed by atoms with Gasteiger partial charge in [-0.1, -0.05) is 18.9 Å². The van der Waals surface area contributed by atoms with Gasteiger partial charge in [-0.2, -0.15) is 0 Å². The molecule has 0 saturated carbocycles. The number of aliphatic hydroxyl groups is 1. The molecule has 0 fully saturated rings. The van der Waals surface area contributed by atoms with Gasteiger partial charge in [0.25, 0.3) is 0 Å². The van der Waals surface area contributed by atoms with E-state index >= 15 is 0 Å². The molecule has 2 nitrogen and oxygen atoms in total. The molecule has 0 aliphatic rings. The summed E-state index contributed by atoms with van der Waals surface area (Å²) in [5, 5.41) is 8.32. The van der Waals surface area contributed by atoms with Crippen LogP contribution in [-0.2, 0) is 0 Å². The van der Waals surface area contributed by atoms with Gasteiger partial charge in [0.05, 0.1) is 0 Å². The average molecular weight is 135 g/mol. The van der Waals surface area contributed by atoms with Crippen molar-refractivity contribution in [3.05, 3.63) is 0 Å². The van der Waals surface area contributed by atoms with E-state index in [0.717, 1.165) is 18.7 Å². The van der Waals surface area contributed by atoms with Crippen LogP contribution in [0.2, 0.25) is 0 Å². The maximum atomic E-state index is 8.32. The first kappa shape index (κ1) is 8.27. The highest BCUT2D eigenvalue weighted by Gasteiger charge is 1.81. The van der Waals surface area contributed by atoms with Gasteiger partial charge in [-0.05, 0) is 6.42 Å². The molecule has 0 amide bonds. The van der Waals surface area contributed by atoms with E-state index in [-0.39, 0.29) is 6.61 Å². The molecule has 0 aromatic carbocycles. The van der Waals surface area contributed by atoms with Crippen LogP contribution in [0, 0.1) is 0 Å². The average Bonchev–Trinajstić information content (AvgIpc) is 1.81. The Bertz CT molecular complexity index is 37.4. The van der Waals surface area contributed by atoms with Crippen LogP contribution in [0.25, 0.3) is 0 Å². The molecule has 0 bridgehead atoms. The molecular weight excluding hydrogens is 122 g/mol. The van der Waals surface area contributed by atoms with E-state index in [1.54, 1.807) is 11.9 Å². The van der Waals surface area contributed by atoms with Gasteiger partial charge in [0.2, 0.25) is 0 Å². The largest absolute Gasteiger partial charge is 0.396 e. The Morgan fingerprint density at radius 1 is 1.62 bits per heavy atom. The Kier molecular flexibility index (Phi) is 7.52. The van der Waals surface area contributed by atoms with E-state index in [0.29, 0.717) is 0 Å². The number of hydrogen-bond donors (Lipinski definition) is 2. The van der Waals surface area contributed by atoms with E-state index < -0.39 is 0 Å². The van der Waals surface area contributed by atoms with E-state index in [1.807, 2.05) is 0 Å². The lowest BCUT2D eigenvalue weighted by atomic mass is 10.5. The third-order valence-electron chi connectivity index (χ3n) is 0.683. The van der Waals surface area contributed by atoms with E-state index in [9.17, 15) is 0 Å². The lowest BCUT2D eigenvalue weighted by Crippen LogP contribution is -2.06. The topological polar surface area (TPSA) is 32.3 Å². The summed E-state index contributed by atoms with van der Waals surface area (Å²) in [5.41, 5.74) is 0. The van der Waals surface area contributed by atoms with Crippen molar-refractivity contribution in [2.24, 2.45) is 0 Å². The number of aliphatic hydroxyl groups excluding tert-OH is 1.